The smallest absolute Gasteiger partial charge is 0.226 e. The van der Waals surface area contributed by atoms with Crippen LogP contribution in [0.4, 0.5) is 13.2 Å². The van der Waals surface area contributed by atoms with E-state index in [1.165, 1.54) is 0 Å². The second-order valence-electron chi connectivity index (χ2n) is 2.22. The number of nitrogens with zero attached hydrogens (tertiary/aromatic N) is 1. The van der Waals surface area contributed by atoms with Gasteiger partial charge in [0.15, 0.2) is 0 Å². The lowest BCUT2D eigenvalue weighted by Crippen LogP contribution is -2.00. The maximum atomic E-state index is 12.8. The van der Waals surface area contributed by atoms with E-state index in [2.05, 4.69) is 4.98 Å². The quantitative estimate of drug-likeness (QED) is 0.559. The predicted molar refractivity (Wildman–Crippen MR) is 43.7 cm³/mol. The van der Waals surface area contributed by atoms with Crippen LogP contribution in [-0.2, 0) is 5.88 Å². The first kappa shape index (κ1) is 10.6. The number of halogens is 5. The van der Waals surface area contributed by atoms with E-state index < -0.39 is 17.9 Å². The van der Waals surface area contributed by atoms with Crippen molar-refractivity contribution in [3.8, 4) is 0 Å². The molecule has 1 aromatic rings. The largest absolute Gasteiger partial charge is 0.265 e. The van der Waals surface area contributed by atoms with Crippen LogP contribution < -0.4 is 0 Å². The van der Waals surface area contributed by atoms with Gasteiger partial charge in [0, 0.05) is 17.3 Å². The van der Waals surface area contributed by atoms with Crippen molar-refractivity contribution in [3.63, 3.8) is 0 Å². The number of rotatable bonds is 2. The Hall–Kier alpha value is -0.480. The van der Waals surface area contributed by atoms with Crippen LogP contribution >= 0.6 is 23.2 Å². The molecular formula is C7H4Cl2F3N. The fourth-order valence-electron chi connectivity index (χ4n) is 0.879. The van der Waals surface area contributed by atoms with Crippen molar-refractivity contribution >= 4 is 23.2 Å². The number of hydrogen-bond donors (Lipinski definition) is 0. The summed E-state index contributed by atoms with van der Waals surface area (Å²) in [6.07, 6.45) is -2.01. The summed E-state index contributed by atoms with van der Waals surface area (Å²) in [6, 6.07) is 0. The normalized spacial score (nSPS) is 10.9. The van der Waals surface area contributed by atoms with Gasteiger partial charge >= 0.3 is 0 Å². The van der Waals surface area contributed by atoms with Crippen molar-refractivity contribution in [1.29, 1.82) is 0 Å². The second-order valence-corrected chi connectivity index (χ2v) is 2.90. The molecule has 13 heavy (non-hydrogen) atoms. The van der Waals surface area contributed by atoms with Gasteiger partial charge in [-0.3, -0.25) is 0 Å². The van der Waals surface area contributed by atoms with E-state index in [1.807, 2.05) is 0 Å². The minimum Gasteiger partial charge on any atom is -0.226 e. The van der Waals surface area contributed by atoms with Gasteiger partial charge in [-0.25, -0.2) is 13.8 Å². The molecule has 1 rings (SSSR count). The van der Waals surface area contributed by atoms with E-state index in [0.717, 1.165) is 6.20 Å². The number of hydrogen-bond acceptors (Lipinski definition) is 1. The van der Waals surface area contributed by atoms with Gasteiger partial charge in [-0.15, -0.1) is 11.6 Å². The molecule has 1 aromatic heterocycles. The minimum absolute atomic E-state index is 0.271. The van der Waals surface area contributed by atoms with Crippen molar-refractivity contribution in [1.82, 2.24) is 4.98 Å². The molecule has 0 aliphatic heterocycles. The molecule has 0 spiro atoms. The van der Waals surface area contributed by atoms with E-state index in [4.69, 9.17) is 23.2 Å². The maximum Gasteiger partial charge on any atom is 0.265 e. The predicted octanol–water partition coefficient (Wildman–Crippen LogP) is 3.55. The average Bonchev–Trinajstić information content (AvgIpc) is 2.07. The van der Waals surface area contributed by atoms with Crippen LogP contribution in [-0.4, -0.2) is 4.98 Å². The summed E-state index contributed by atoms with van der Waals surface area (Å²) in [5.74, 6) is -1.38. The minimum atomic E-state index is -2.85. The molecule has 0 aromatic carbocycles. The summed E-state index contributed by atoms with van der Waals surface area (Å²) >= 11 is 10.7. The van der Waals surface area contributed by atoms with Gasteiger partial charge in [-0.1, -0.05) is 11.6 Å². The Morgan fingerprint density at radius 1 is 1.46 bits per heavy atom. The Labute approximate surface area is 82.5 Å². The molecule has 0 radical (unpaired) electrons. The molecule has 1 nitrogen and oxygen atoms in total. The molecule has 0 saturated heterocycles. The molecule has 0 N–H and O–H groups in total. The van der Waals surface area contributed by atoms with E-state index in [0.29, 0.717) is 0 Å². The van der Waals surface area contributed by atoms with Crippen LogP contribution in [0, 0.1) is 5.95 Å². The maximum absolute atomic E-state index is 12.8. The zero-order valence-corrected chi connectivity index (χ0v) is 7.71. The van der Waals surface area contributed by atoms with Crippen LogP contribution in [0.15, 0.2) is 6.20 Å². The van der Waals surface area contributed by atoms with Crippen molar-refractivity contribution in [3.05, 3.63) is 28.3 Å². The van der Waals surface area contributed by atoms with Gasteiger partial charge in [-0.05, 0) is 0 Å². The highest BCUT2D eigenvalue weighted by atomic mass is 35.5. The lowest BCUT2D eigenvalue weighted by molar-refractivity contribution is 0.150. The third-order valence-corrected chi connectivity index (χ3v) is 2.04. The molecule has 0 saturated carbocycles. The molecule has 0 aliphatic rings. The van der Waals surface area contributed by atoms with Crippen LogP contribution in [0.25, 0.3) is 0 Å². The molecule has 1 heterocycles. The topological polar surface area (TPSA) is 12.9 Å². The van der Waals surface area contributed by atoms with Gasteiger partial charge in [0.1, 0.15) is 0 Å². The van der Waals surface area contributed by atoms with Crippen LogP contribution in [0.1, 0.15) is 17.6 Å². The highest BCUT2D eigenvalue weighted by Crippen LogP contribution is 2.31. The van der Waals surface area contributed by atoms with Gasteiger partial charge < -0.3 is 0 Å². The Bertz CT molecular complexity index is 317. The van der Waals surface area contributed by atoms with Crippen molar-refractivity contribution in [2.45, 2.75) is 12.3 Å². The lowest BCUT2D eigenvalue weighted by atomic mass is 10.1. The summed E-state index contributed by atoms with van der Waals surface area (Å²) in [6.45, 7) is 0. The monoisotopic (exact) mass is 229 g/mol. The van der Waals surface area contributed by atoms with E-state index in [-0.39, 0.29) is 16.5 Å². The molecule has 0 unspecified atom stereocenters. The van der Waals surface area contributed by atoms with Gasteiger partial charge in [-0.2, -0.15) is 4.39 Å². The Morgan fingerprint density at radius 2 is 2.08 bits per heavy atom. The van der Waals surface area contributed by atoms with Crippen molar-refractivity contribution in [2.75, 3.05) is 0 Å². The molecule has 0 bridgehead atoms. The summed E-state index contributed by atoms with van der Waals surface area (Å²) in [7, 11) is 0. The molecular weight excluding hydrogens is 226 g/mol. The van der Waals surface area contributed by atoms with Gasteiger partial charge in [0.25, 0.3) is 6.43 Å². The molecule has 0 atom stereocenters. The third-order valence-electron chi connectivity index (χ3n) is 1.47. The van der Waals surface area contributed by atoms with Crippen molar-refractivity contribution < 1.29 is 13.2 Å². The summed E-state index contributed by atoms with van der Waals surface area (Å²) in [5, 5.41) is -0.271. The summed E-state index contributed by atoms with van der Waals surface area (Å²) in [4.78, 5) is 3.18. The van der Waals surface area contributed by atoms with Crippen molar-refractivity contribution in [2.24, 2.45) is 0 Å². The van der Waals surface area contributed by atoms with Crippen LogP contribution in [0.3, 0.4) is 0 Å². The lowest BCUT2D eigenvalue weighted by Gasteiger charge is -2.07. The molecule has 0 fully saturated rings. The number of alkyl halides is 3. The average molecular weight is 230 g/mol. The first-order valence-electron chi connectivity index (χ1n) is 3.24. The number of pyridine rings is 1. The standard InChI is InChI=1S/C7H4Cl2F3N/c8-1-3-5(6(10)11)4(9)2-13-7(3)12/h2,6H,1H2. The molecule has 0 aliphatic carbocycles. The Morgan fingerprint density at radius 3 is 2.46 bits per heavy atom. The van der Waals surface area contributed by atoms with Crippen LogP contribution in [0.5, 0.6) is 0 Å². The third kappa shape index (κ3) is 2.06. The molecule has 72 valence electrons. The molecule has 0 amide bonds. The van der Waals surface area contributed by atoms with Crippen LogP contribution in [0.2, 0.25) is 5.02 Å². The highest BCUT2D eigenvalue weighted by Gasteiger charge is 2.20. The Kier molecular flexibility index (Phi) is 3.39. The SMILES string of the molecule is Fc1ncc(Cl)c(C(F)F)c1CCl. The fourth-order valence-corrected chi connectivity index (χ4v) is 1.38. The van der Waals surface area contributed by atoms with E-state index in [9.17, 15) is 13.2 Å². The van der Waals surface area contributed by atoms with E-state index >= 15 is 0 Å². The first-order valence-corrected chi connectivity index (χ1v) is 4.16. The first-order chi connectivity index (χ1) is 6.07. The summed E-state index contributed by atoms with van der Waals surface area (Å²) in [5.41, 5.74) is -0.923. The van der Waals surface area contributed by atoms with E-state index in [1.54, 1.807) is 0 Å². The second kappa shape index (κ2) is 4.15. The Balaban J connectivity index is 3.35. The highest BCUT2D eigenvalue weighted by molar-refractivity contribution is 6.31. The van der Waals surface area contributed by atoms with Gasteiger partial charge in [0.2, 0.25) is 5.95 Å². The fraction of sp³-hybridized carbons (Fsp3) is 0.286. The zero-order valence-electron chi connectivity index (χ0n) is 6.20. The van der Waals surface area contributed by atoms with Gasteiger partial charge in [0.05, 0.1) is 10.9 Å². The zero-order chi connectivity index (χ0) is 10.0. The molecule has 6 heteroatoms. The number of aromatic nitrogens is 1. The summed E-state index contributed by atoms with van der Waals surface area (Å²) < 4.78 is 37.4.